The minimum Gasteiger partial charge on any atom is -0.370 e. The fourth-order valence-electron chi connectivity index (χ4n) is 3.11. The lowest BCUT2D eigenvalue weighted by molar-refractivity contribution is 0.310. The molecular weight excluding hydrogens is 260 g/mol. The molecule has 1 aliphatic heterocycles. The van der Waals surface area contributed by atoms with E-state index < -0.39 is 0 Å². The maximum Gasteiger partial charge on any atom is 0.137 e. The molecule has 0 radical (unpaired) electrons. The number of hydrogen-bond acceptors (Lipinski definition) is 4. The van der Waals surface area contributed by atoms with E-state index in [1.807, 2.05) is 6.92 Å². The standard InChI is InChI=1S/C17H30N4/c1-6-9-18-16-13(4)17(20-14(5)19-16)21-10-7-15(8-11-21)12(2)3/h12,15H,6-11H2,1-5H3,(H,18,19,20). The van der Waals surface area contributed by atoms with Gasteiger partial charge in [-0.2, -0.15) is 0 Å². The van der Waals surface area contributed by atoms with Gasteiger partial charge in [0.25, 0.3) is 0 Å². The smallest absolute Gasteiger partial charge is 0.137 e. The van der Waals surface area contributed by atoms with Crippen LogP contribution in [0.4, 0.5) is 11.6 Å². The lowest BCUT2D eigenvalue weighted by atomic mass is 9.86. The van der Waals surface area contributed by atoms with Crippen LogP contribution in [0.3, 0.4) is 0 Å². The number of rotatable bonds is 5. The molecule has 0 aromatic carbocycles. The van der Waals surface area contributed by atoms with Crippen LogP contribution in [-0.4, -0.2) is 29.6 Å². The van der Waals surface area contributed by atoms with Crippen molar-refractivity contribution in [2.75, 3.05) is 29.9 Å². The Morgan fingerprint density at radius 1 is 1.19 bits per heavy atom. The first-order valence-electron chi connectivity index (χ1n) is 8.37. The van der Waals surface area contributed by atoms with E-state index in [0.717, 1.165) is 55.4 Å². The monoisotopic (exact) mass is 290 g/mol. The number of nitrogens with one attached hydrogen (secondary N) is 1. The van der Waals surface area contributed by atoms with Gasteiger partial charge in [-0.15, -0.1) is 0 Å². The molecule has 0 amide bonds. The highest BCUT2D eigenvalue weighted by Crippen LogP contribution is 2.30. The normalized spacial score (nSPS) is 16.6. The number of hydrogen-bond donors (Lipinski definition) is 1. The van der Waals surface area contributed by atoms with Gasteiger partial charge in [0.15, 0.2) is 0 Å². The Labute approximate surface area is 129 Å². The van der Waals surface area contributed by atoms with Crippen molar-refractivity contribution >= 4 is 11.6 Å². The average molecular weight is 290 g/mol. The van der Waals surface area contributed by atoms with Crippen LogP contribution in [0, 0.1) is 25.7 Å². The van der Waals surface area contributed by atoms with Gasteiger partial charge in [0, 0.05) is 25.2 Å². The van der Waals surface area contributed by atoms with Crippen LogP contribution in [0.2, 0.25) is 0 Å². The topological polar surface area (TPSA) is 41.1 Å². The van der Waals surface area contributed by atoms with Gasteiger partial charge in [0.05, 0.1) is 0 Å². The number of aromatic nitrogens is 2. The zero-order chi connectivity index (χ0) is 15.4. The first-order valence-corrected chi connectivity index (χ1v) is 8.37. The molecule has 21 heavy (non-hydrogen) atoms. The van der Waals surface area contributed by atoms with Crippen LogP contribution in [0.25, 0.3) is 0 Å². The Kier molecular flexibility index (Phi) is 5.43. The molecule has 0 atom stereocenters. The molecule has 2 rings (SSSR count). The molecule has 118 valence electrons. The molecule has 4 nitrogen and oxygen atoms in total. The molecule has 0 bridgehead atoms. The first kappa shape index (κ1) is 16.1. The van der Waals surface area contributed by atoms with E-state index in [4.69, 9.17) is 4.98 Å². The predicted molar refractivity (Wildman–Crippen MR) is 90.1 cm³/mol. The van der Waals surface area contributed by atoms with Gasteiger partial charge in [0.1, 0.15) is 17.5 Å². The molecule has 4 heteroatoms. The minimum absolute atomic E-state index is 0.794. The van der Waals surface area contributed by atoms with Crippen LogP contribution >= 0.6 is 0 Å². The summed E-state index contributed by atoms with van der Waals surface area (Å²) >= 11 is 0. The summed E-state index contributed by atoms with van der Waals surface area (Å²) in [5.74, 6) is 4.65. The molecule has 1 aromatic rings. The van der Waals surface area contributed by atoms with Crippen molar-refractivity contribution in [2.45, 2.75) is 53.9 Å². The summed E-state index contributed by atoms with van der Waals surface area (Å²) in [6.07, 6.45) is 3.66. The lowest BCUT2D eigenvalue weighted by Gasteiger charge is -2.35. The van der Waals surface area contributed by atoms with Gasteiger partial charge in [-0.05, 0) is 44.9 Å². The molecule has 1 saturated heterocycles. The second-order valence-corrected chi connectivity index (χ2v) is 6.56. The lowest BCUT2D eigenvalue weighted by Crippen LogP contribution is -2.36. The van der Waals surface area contributed by atoms with E-state index in [2.05, 4.69) is 42.9 Å². The quantitative estimate of drug-likeness (QED) is 0.896. The fourth-order valence-corrected chi connectivity index (χ4v) is 3.11. The van der Waals surface area contributed by atoms with Gasteiger partial charge in [-0.1, -0.05) is 20.8 Å². The summed E-state index contributed by atoms with van der Waals surface area (Å²) < 4.78 is 0. The van der Waals surface area contributed by atoms with Crippen molar-refractivity contribution in [3.8, 4) is 0 Å². The van der Waals surface area contributed by atoms with Gasteiger partial charge >= 0.3 is 0 Å². The maximum atomic E-state index is 4.71. The summed E-state index contributed by atoms with van der Waals surface area (Å²) in [6.45, 7) is 14.2. The molecule has 0 spiro atoms. The average Bonchev–Trinajstić information content (AvgIpc) is 2.48. The third-order valence-electron chi connectivity index (χ3n) is 4.56. The van der Waals surface area contributed by atoms with Gasteiger partial charge in [0.2, 0.25) is 0 Å². The van der Waals surface area contributed by atoms with Crippen molar-refractivity contribution in [1.82, 2.24) is 9.97 Å². The third kappa shape index (κ3) is 3.86. The van der Waals surface area contributed by atoms with Crippen molar-refractivity contribution < 1.29 is 0 Å². The molecule has 1 aliphatic rings. The van der Waals surface area contributed by atoms with Crippen molar-refractivity contribution in [3.63, 3.8) is 0 Å². The maximum absolute atomic E-state index is 4.71. The van der Waals surface area contributed by atoms with Crippen LogP contribution in [0.1, 0.15) is 51.4 Å². The minimum atomic E-state index is 0.794. The van der Waals surface area contributed by atoms with Gasteiger partial charge < -0.3 is 10.2 Å². The summed E-state index contributed by atoms with van der Waals surface area (Å²) in [4.78, 5) is 11.7. The van der Waals surface area contributed by atoms with Crippen LogP contribution in [0.5, 0.6) is 0 Å². The number of aryl methyl sites for hydroxylation is 1. The zero-order valence-electron chi connectivity index (χ0n) is 14.2. The van der Waals surface area contributed by atoms with Crippen LogP contribution < -0.4 is 10.2 Å². The summed E-state index contributed by atoms with van der Waals surface area (Å²) in [5, 5.41) is 3.43. The van der Waals surface area contributed by atoms with E-state index in [-0.39, 0.29) is 0 Å². The zero-order valence-corrected chi connectivity index (χ0v) is 14.2. The number of nitrogens with zero attached hydrogens (tertiary/aromatic N) is 3. The Morgan fingerprint density at radius 3 is 2.43 bits per heavy atom. The Hall–Kier alpha value is -1.32. The van der Waals surface area contributed by atoms with E-state index in [0.29, 0.717) is 0 Å². The molecule has 1 aromatic heterocycles. The Morgan fingerprint density at radius 2 is 1.86 bits per heavy atom. The van der Waals surface area contributed by atoms with Gasteiger partial charge in [-0.25, -0.2) is 9.97 Å². The molecule has 2 heterocycles. The SMILES string of the molecule is CCCNc1nc(C)nc(N2CCC(C(C)C)CC2)c1C. The number of anilines is 2. The summed E-state index contributed by atoms with van der Waals surface area (Å²) in [7, 11) is 0. The van der Waals surface area contributed by atoms with Crippen LogP contribution in [0.15, 0.2) is 0 Å². The molecular formula is C17H30N4. The van der Waals surface area contributed by atoms with Gasteiger partial charge in [-0.3, -0.25) is 0 Å². The molecule has 1 fully saturated rings. The van der Waals surface area contributed by atoms with E-state index in [9.17, 15) is 0 Å². The first-order chi connectivity index (χ1) is 10.0. The Bertz CT molecular complexity index is 462. The van der Waals surface area contributed by atoms with Crippen molar-refractivity contribution in [1.29, 1.82) is 0 Å². The highest BCUT2D eigenvalue weighted by molar-refractivity contribution is 5.58. The van der Waals surface area contributed by atoms with Crippen molar-refractivity contribution in [3.05, 3.63) is 11.4 Å². The van der Waals surface area contributed by atoms with E-state index in [1.54, 1.807) is 0 Å². The fraction of sp³-hybridized carbons (Fsp3) is 0.765. The molecule has 1 N–H and O–H groups in total. The van der Waals surface area contributed by atoms with Crippen molar-refractivity contribution in [2.24, 2.45) is 11.8 Å². The van der Waals surface area contributed by atoms with E-state index in [1.165, 1.54) is 18.4 Å². The highest BCUT2D eigenvalue weighted by Gasteiger charge is 2.24. The summed E-state index contributed by atoms with van der Waals surface area (Å²) in [6, 6.07) is 0. The second-order valence-electron chi connectivity index (χ2n) is 6.56. The molecule has 0 unspecified atom stereocenters. The largest absolute Gasteiger partial charge is 0.370 e. The second kappa shape index (κ2) is 7.10. The molecule has 0 aliphatic carbocycles. The molecule has 0 saturated carbocycles. The van der Waals surface area contributed by atoms with E-state index >= 15 is 0 Å². The highest BCUT2D eigenvalue weighted by atomic mass is 15.2. The third-order valence-corrected chi connectivity index (χ3v) is 4.56. The summed E-state index contributed by atoms with van der Waals surface area (Å²) in [5.41, 5.74) is 1.19. The number of piperidine rings is 1. The Balaban J connectivity index is 2.14. The predicted octanol–water partition coefficient (Wildman–Crippen LogP) is 3.79. The van der Waals surface area contributed by atoms with Crippen LogP contribution in [-0.2, 0) is 0 Å².